The Morgan fingerprint density at radius 3 is 1.67 bits per heavy atom. The fraction of sp³-hybridized carbons (Fsp3) is 0. The maximum absolute atomic E-state index is 2.00. The molecule has 1 aromatic rings. The maximum atomic E-state index is 2.00. The zero-order valence-electron chi connectivity index (χ0n) is 3.19. The van der Waals surface area contributed by atoms with Crippen LogP contribution in [0.4, 0.5) is 0 Å². The van der Waals surface area contributed by atoms with E-state index in [9.17, 15) is 0 Å². The summed E-state index contributed by atoms with van der Waals surface area (Å²) in [5, 5.41) is 0. The predicted molar refractivity (Wildman–Crippen MR) is 22.0 cm³/mol. The minimum absolute atomic E-state index is 0. The monoisotopic (exact) mass is 172 g/mol. The first-order valence-electron chi connectivity index (χ1n) is 1.67. The van der Waals surface area contributed by atoms with Crippen LogP contribution in [0, 0.1) is 0 Å². The summed E-state index contributed by atoms with van der Waals surface area (Å²) in [6.45, 7) is 0. The molecule has 0 aliphatic carbocycles. The van der Waals surface area contributed by atoms with Gasteiger partial charge in [-0.25, -0.2) is 12.1 Å². The van der Waals surface area contributed by atoms with E-state index in [1.807, 2.05) is 30.3 Å². The molecule has 0 radical (unpaired) electrons. The summed E-state index contributed by atoms with van der Waals surface area (Å²) in [6, 6.07) is 10.0. The molecule has 1 aromatic carbocycles. The molecule has 1 heteroatoms. The fourth-order valence-corrected chi connectivity index (χ4v) is 0.321. The van der Waals surface area contributed by atoms with E-state index in [1.165, 1.54) is 0 Å². The van der Waals surface area contributed by atoms with Gasteiger partial charge in [0.25, 0.3) is 0 Å². The zero-order valence-corrected chi connectivity index (χ0v) is 4.67. The van der Waals surface area contributed by atoms with Crippen LogP contribution in [0.15, 0.2) is 30.3 Å². The summed E-state index contributed by atoms with van der Waals surface area (Å²) in [5.74, 6) is 0. The molecule has 6 heavy (non-hydrogen) atoms. The average molecular weight is 173 g/mol. The summed E-state index contributed by atoms with van der Waals surface area (Å²) in [4.78, 5) is 0. The minimum atomic E-state index is 0. The number of rotatable bonds is 0. The molecule has 1 rings (SSSR count). The molecule has 36 valence electrons. The molecule has 0 saturated heterocycles. The molecular formula is C5H5Ag. The Hall–Kier alpha value is 0.0903. The number of hydrogen-bond acceptors (Lipinski definition) is 0. The van der Waals surface area contributed by atoms with Gasteiger partial charge in [0.1, 0.15) is 0 Å². The van der Waals surface area contributed by atoms with Gasteiger partial charge in [-0.05, 0) is 0 Å². The van der Waals surface area contributed by atoms with Crippen LogP contribution in [-0.4, -0.2) is 0 Å². The molecule has 0 amide bonds. The molecular weight excluding hydrogens is 168 g/mol. The predicted octanol–water partition coefficient (Wildman–Crippen LogP) is 1.40. The molecule has 0 saturated carbocycles. The van der Waals surface area contributed by atoms with Crippen LogP contribution in [0.3, 0.4) is 0 Å². The van der Waals surface area contributed by atoms with Crippen molar-refractivity contribution in [2.24, 2.45) is 0 Å². The van der Waals surface area contributed by atoms with Gasteiger partial charge in [-0.15, -0.1) is 0 Å². The Morgan fingerprint density at radius 1 is 1.00 bits per heavy atom. The van der Waals surface area contributed by atoms with E-state index in [-0.39, 0.29) is 22.4 Å². The van der Waals surface area contributed by atoms with Gasteiger partial charge in [-0.2, -0.15) is 18.2 Å². The van der Waals surface area contributed by atoms with Crippen LogP contribution in [-0.2, 0) is 22.4 Å². The van der Waals surface area contributed by atoms with Crippen molar-refractivity contribution in [1.29, 1.82) is 0 Å². The third-order valence-electron chi connectivity index (χ3n) is 0.556. The molecule has 0 unspecified atom stereocenters. The fourth-order valence-electron chi connectivity index (χ4n) is 0.321. The molecule has 0 N–H and O–H groups in total. The first-order chi connectivity index (χ1) is 2.50. The van der Waals surface area contributed by atoms with Gasteiger partial charge in [0.05, 0.1) is 0 Å². The third-order valence-corrected chi connectivity index (χ3v) is 0.556. The van der Waals surface area contributed by atoms with E-state index < -0.39 is 0 Å². The van der Waals surface area contributed by atoms with Gasteiger partial charge in [0.2, 0.25) is 0 Å². The van der Waals surface area contributed by atoms with Crippen molar-refractivity contribution in [3.63, 3.8) is 0 Å². The van der Waals surface area contributed by atoms with E-state index in [1.54, 1.807) is 0 Å². The van der Waals surface area contributed by atoms with Gasteiger partial charge in [0.15, 0.2) is 0 Å². The minimum Gasteiger partial charge on any atom is -0.214 e. The van der Waals surface area contributed by atoms with Crippen LogP contribution >= 0.6 is 0 Å². The smallest absolute Gasteiger partial charge is 0.214 e. The van der Waals surface area contributed by atoms with Gasteiger partial charge in [0, 0.05) is 0 Å². The molecule has 0 spiro atoms. The Balaban J connectivity index is 0.000000250. The summed E-state index contributed by atoms with van der Waals surface area (Å²) < 4.78 is 0. The quantitative estimate of drug-likeness (QED) is 0.410. The van der Waals surface area contributed by atoms with Crippen LogP contribution in [0.1, 0.15) is 0 Å². The van der Waals surface area contributed by atoms with Gasteiger partial charge >= 0.3 is 22.4 Å². The van der Waals surface area contributed by atoms with Gasteiger partial charge in [-0.3, -0.25) is 0 Å². The third kappa shape index (κ3) is 1.51. The maximum Gasteiger partial charge on any atom is 1.00 e. The molecule has 0 aromatic heterocycles. The van der Waals surface area contributed by atoms with Crippen molar-refractivity contribution in [1.82, 2.24) is 0 Å². The van der Waals surface area contributed by atoms with Crippen LogP contribution in [0.25, 0.3) is 0 Å². The molecule has 0 nitrogen and oxygen atoms in total. The summed E-state index contributed by atoms with van der Waals surface area (Å²) in [6.07, 6.45) is 0. The largest absolute Gasteiger partial charge is 1.00 e. The Labute approximate surface area is 53.1 Å². The van der Waals surface area contributed by atoms with Crippen molar-refractivity contribution in [2.75, 3.05) is 0 Å². The SMILES string of the molecule is [Ag+].c1cc[cH-]c1. The average Bonchev–Trinajstić information content (AvgIpc) is 1.76. The molecule has 0 aliphatic heterocycles. The normalized spacial score (nSPS) is 6.67. The van der Waals surface area contributed by atoms with Crippen molar-refractivity contribution < 1.29 is 22.4 Å². The Kier molecular flexibility index (Phi) is 3.34. The van der Waals surface area contributed by atoms with E-state index in [2.05, 4.69) is 0 Å². The summed E-state index contributed by atoms with van der Waals surface area (Å²) in [5.41, 5.74) is 0. The second-order valence-corrected chi connectivity index (χ2v) is 0.962. The van der Waals surface area contributed by atoms with Crippen LogP contribution in [0.5, 0.6) is 0 Å². The topological polar surface area (TPSA) is 0 Å². The Morgan fingerprint density at radius 2 is 1.50 bits per heavy atom. The van der Waals surface area contributed by atoms with Crippen LogP contribution in [0.2, 0.25) is 0 Å². The second-order valence-electron chi connectivity index (χ2n) is 0.962. The summed E-state index contributed by atoms with van der Waals surface area (Å²) in [7, 11) is 0. The first kappa shape index (κ1) is 6.09. The summed E-state index contributed by atoms with van der Waals surface area (Å²) >= 11 is 0. The number of hydrogen-bond donors (Lipinski definition) is 0. The van der Waals surface area contributed by atoms with Crippen molar-refractivity contribution in [3.8, 4) is 0 Å². The molecule has 0 fully saturated rings. The van der Waals surface area contributed by atoms with Gasteiger partial charge < -0.3 is 0 Å². The van der Waals surface area contributed by atoms with Gasteiger partial charge in [-0.1, -0.05) is 0 Å². The molecule has 0 heterocycles. The van der Waals surface area contributed by atoms with Crippen molar-refractivity contribution in [3.05, 3.63) is 30.3 Å². The van der Waals surface area contributed by atoms with E-state index in [0.717, 1.165) is 0 Å². The van der Waals surface area contributed by atoms with E-state index in [0.29, 0.717) is 0 Å². The zero-order chi connectivity index (χ0) is 3.54. The first-order valence-corrected chi connectivity index (χ1v) is 1.67. The molecule has 0 aliphatic rings. The van der Waals surface area contributed by atoms with E-state index in [4.69, 9.17) is 0 Å². The Bertz CT molecular complexity index is 60.4. The van der Waals surface area contributed by atoms with Crippen LogP contribution < -0.4 is 0 Å². The van der Waals surface area contributed by atoms with E-state index >= 15 is 0 Å². The van der Waals surface area contributed by atoms with Crippen molar-refractivity contribution >= 4 is 0 Å². The second kappa shape index (κ2) is 3.29. The molecule has 0 bridgehead atoms. The standard InChI is InChI=1S/C5H5.Ag/c1-2-4-5-3-1;/h1-5H;/q-1;+1. The van der Waals surface area contributed by atoms with Crippen molar-refractivity contribution in [2.45, 2.75) is 0 Å². The molecule has 0 atom stereocenters.